The Labute approximate surface area is 216 Å². The Morgan fingerprint density at radius 3 is 2.28 bits per heavy atom. The number of aryl methyl sites for hydroxylation is 1. The summed E-state index contributed by atoms with van der Waals surface area (Å²) in [5.41, 5.74) is 1.72. The zero-order chi connectivity index (χ0) is 25.7. The summed E-state index contributed by atoms with van der Waals surface area (Å²) in [6.45, 7) is 3.57. The molecule has 0 radical (unpaired) electrons. The summed E-state index contributed by atoms with van der Waals surface area (Å²) in [6, 6.07) is 6.42. The Balaban J connectivity index is 1.43. The second-order valence-corrected chi connectivity index (χ2v) is 11.1. The second-order valence-electron chi connectivity index (χ2n) is 10.2. The number of carbonyl (C=O) groups is 1. The van der Waals surface area contributed by atoms with Crippen LogP contribution in [-0.2, 0) is 0 Å². The first-order chi connectivity index (χ1) is 17.0. The Bertz CT molecular complexity index is 1200. The van der Waals surface area contributed by atoms with Gasteiger partial charge in [0.15, 0.2) is 0 Å². The second kappa shape index (κ2) is 9.24. The van der Waals surface area contributed by atoms with Crippen LogP contribution in [0.1, 0.15) is 54.6 Å². The van der Waals surface area contributed by atoms with Gasteiger partial charge in [0.2, 0.25) is 0 Å². The lowest BCUT2D eigenvalue weighted by Crippen LogP contribution is -2.39. The number of carbonyl (C=O) groups excluding carboxylic acids is 1. The summed E-state index contributed by atoms with van der Waals surface area (Å²) in [4.78, 5) is 33.3. The molecule has 1 N–H and O–H groups in total. The lowest BCUT2D eigenvalue weighted by atomic mass is 9.93. The number of hydrogen-bond acceptors (Lipinski definition) is 6. The summed E-state index contributed by atoms with van der Waals surface area (Å²) in [5.74, 6) is -2.77. The van der Waals surface area contributed by atoms with Gasteiger partial charge in [-0.2, -0.15) is 0 Å². The molecule has 2 aliphatic heterocycles. The van der Waals surface area contributed by atoms with E-state index in [2.05, 4.69) is 31.1 Å². The third-order valence-electron chi connectivity index (χ3n) is 7.62. The molecule has 1 saturated carbocycles. The number of nitrogens with one attached hydrogen (secondary N) is 1. The van der Waals surface area contributed by atoms with Gasteiger partial charge in [0.25, 0.3) is 17.5 Å². The molecule has 11 heteroatoms. The van der Waals surface area contributed by atoms with Crippen LogP contribution in [0, 0.1) is 22.5 Å². The normalized spacial score (nSPS) is 20.3. The highest BCUT2D eigenvalue weighted by molar-refractivity contribution is 9.10. The van der Waals surface area contributed by atoms with Crippen LogP contribution in [0.15, 0.2) is 28.7 Å². The molecule has 3 heterocycles. The van der Waals surface area contributed by atoms with Crippen molar-refractivity contribution in [2.24, 2.45) is 5.41 Å². The highest BCUT2D eigenvalue weighted by atomic mass is 79.9. The van der Waals surface area contributed by atoms with Crippen LogP contribution in [0.25, 0.3) is 0 Å². The van der Waals surface area contributed by atoms with E-state index in [0.29, 0.717) is 32.8 Å². The molecule has 3 aliphatic rings. The molecule has 8 nitrogen and oxygen atoms in total. The van der Waals surface area contributed by atoms with Crippen LogP contribution in [0.2, 0.25) is 0 Å². The van der Waals surface area contributed by atoms with E-state index in [1.54, 1.807) is 30.0 Å². The van der Waals surface area contributed by atoms with Gasteiger partial charge < -0.3 is 15.1 Å². The molecule has 1 aromatic carbocycles. The van der Waals surface area contributed by atoms with E-state index in [9.17, 15) is 23.7 Å². The molecule has 1 spiro atoms. The zero-order valence-electron chi connectivity index (χ0n) is 20.0. The van der Waals surface area contributed by atoms with Gasteiger partial charge >= 0.3 is 0 Å². The Morgan fingerprint density at radius 1 is 1.03 bits per heavy atom. The van der Waals surface area contributed by atoms with Gasteiger partial charge in [-0.05, 0) is 50.2 Å². The summed E-state index contributed by atoms with van der Waals surface area (Å²) in [5, 5.41) is 14.8. The molecule has 192 valence electrons. The first kappa shape index (κ1) is 24.9. The average Bonchev–Trinajstić information content (AvgIpc) is 3.57. The highest BCUT2D eigenvalue weighted by Gasteiger charge is 2.45. The molecule has 0 bridgehead atoms. The van der Waals surface area contributed by atoms with E-state index in [-0.39, 0.29) is 37.2 Å². The number of hydrogen-bond donors (Lipinski definition) is 1. The van der Waals surface area contributed by atoms with Crippen molar-refractivity contribution < 1.29 is 18.5 Å². The maximum atomic E-state index is 13.6. The Morgan fingerprint density at radius 2 is 1.67 bits per heavy atom. The Hall–Kier alpha value is -2.82. The lowest BCUT2D eigenvalue weighted by molar-refractivity contribution is -0.385. The fourth-order valence-electron chi connectivity index (χ4n) is 5.24. The molecule has 0 atom stereocenters. The number of benzene rings is 1. The van der Waals surface area contributed by atoms with Crippen LogP contribution < -0.4 is 15.1 Å². The summed E-state index contributed by atoms with van der Waals surface area (Å²) in [6.07, 6.45) is 3.97. The van der Waals surface area contributed by atoms with E-state index >= 15 is 0 Å². The smallest absolute Gasteiger partial charge is 0.285 e. The predicted octanol–water partition coefficient (Wildman–Crippen LogP) is 5.93. The van der Waals surface area contributed by atoms with Crippen molar-refractivity contribution in [3.8, 4) is 0 Å². The van der Waals surface area contributed by atoms with Crippen molar-refractivity contribution in [1.82, 2.24) is 4.98 Å². The zero-order valence-corrected chi connectivity index (χ0v) is 21.6. The molecule has 1 aliphatic carbocycles. The van der Waals surface area contributed by atoms with Crippen molar-refractivity contribution in [2.45, 2.75) is 51.4 Å². The number of pyridine rings is 1. The SMILES string of the molecule is Cc1cc(NC(=O)c2c(N3CCC4(CC3)CC4)cc(Br)cc2[N+](=O)[O-])cc(N2CCC(F)(F)CC2)n1. The van der Waals surface area contributed by atoms with Gasteiger partial charge in [-0.3, -0.25) is 14.9 Å². The first-order valence-electron chi connectivity index (χ1n) is 12.2. The van der Waals surface area contributed by atoms with E-state index in [1.807, 2.05) is 0 Å². The number of nitrogens with zero attached hydrogens (tertiary/aromatic N) is 4. The molecule has 5 rings (SSSR count). The van der Waals surface area contributed by atoms with E-state index in [4.69, 9.17) is 0 Å². The third-order valence-corrected chi connectivity index (χ3v) is 8.08. The van der Waals surface area contributed by atoms with E-state index in [1.165, 1.54) is 18.9 Å². The highest BCUT2D eigenvalue weighted by Crippen LogP contribution is 2.54. The number of nitro groups is 1. The molecular weight excluding hydrogens is 536 g/mol. The largest absolute Gasteiger partial charge is 0.371 e. The lowest BCUT2D eigenvalue weighted by Gasteiger charge is -2.34. The maximum absolute atomic E-state index is 13.6. The number of piperidine rings is 2. The first-order valence-corrected chi connectivity index (χ1v) is 13.0. The quantitative estimate of drug-likeness (QED) is 0.358. The number of anilines is 3. The standard InChI is InChI=1S/C25H28BrF2N5O3/c1-16-12-18(15-21(29-16)32-10-6-25(27,28)7-11-32)30-23(34)22-19(13-17(26)14-20(22)33(35)36)31-8-4-24(2-3-24)5-9-31/h12-15H,2-11H2,1H3,(H,29,30,34). The monoisotopic (exact) mass is 563 g/mol. The Kier molecular flexibility index (Phi) is 6.38. The topological polar surface area (TPSA) is 91.6 Å². The van der Waals surface area contributed by atoms with Crippen LogP contribution in [0.3, 0.4) is 0 Å². The molecule has 0 unspecified atom stereocenters. The number of rotatable bonds is 5. The molecular formula is C25H28BrF2N5O3. The third kappa shape index (κ3) is 5.16. The minimum absolute atomic E-state index is 0.0172. The fraction of sp³-hybridized carbons (Fsp3) is 0.520. The predicted molar refractivity (Wildman–Crippen MR) is 137 cm³/mol. The number of alkyl halides is 2. The van der Waals surface area contributed by atoms with Gasteiger partial charge in [-0.1, -0.05) is 15.9 Å². The molecule has 36 heavy (non-hydrogen) atoms. The molecule has 1 amide bonds. The summed E-state index contributed by atoms with van der Waals surface area (Å²) in [7, 11) is 0. The van der Waals surface area contributed by atoms with Crippen molar-refractivity contribution in [3.05, 3.63) is 50.1 Å². The molecule has 2 saturated heterocycles. The number of aromatic nitrogens is 1. The van der Waals surface area contributed by atoms with Gasteiger partial charge in [-0.15, -0.1) is 0 Å². The van der Waals surface area contributed by atoms with E-state index < -0.39 is 16.8 Å². The van der Waals surface area contributed by atoms with Crippen molar-refractivity contribution >= 4 is 44.7 Å². The van der Waals surface area contributed by atoms with Crippen LogP contribution in [0.4, 0.5) is 31.7 Å². The number of halogens is 3. The minimum Gasteiger partial charge on any atom is -0.371 e. The van der Waals surface area contributed by atoms with Crippen LogP contribution in [-0.4, -0.2) is 47.9 Å². The summed E-state index contributed by atoms with van der Waals surface area (Å²) < 4.78 is 27.8. The van der Waals surface area contributed by atoms with Gasteiger partial charge in [0, 0.05) is 67.0 Å². The molecule has 1 aromatic heterocycles. The number of nitro benzene ring substituents is 1. The van der Waals surface area contributed by atoms with Gasteiger partial charge in [0.05, 0.1) is 10.6 Å². The van der Waals surface area contributed by atoms with Gasteiger partial charge in [-0.25, -0.2) is 13.8 Å². The summed E-state index contributed by atoms with van der Waals surface area (Å²) >= 11 is 3.37. The van der Waals surface area contributed by atoms with Crippen molar-refractivity contribution in [3.63, 3.8) is 0 Å². The van der Waals surface area contributed by atoms with Crippen LogP contribution >= 0.6 is 15.9 Å². The minimum atomic E-state index is -2.68. The van der Waals surface area contributed by atoms with Crippen molar-refractivity contribution in [2.75, 3.05) is 41.3 Å². The van der Waals surface area contributed by atoms with Crippen molar-refractivity contribution in [1.29, 1.82) is 0 Å². The van der Waals surface area contributed by atoms with Gasteiger partial charge in [0.1, 0.15) is 11.4 Å². The van der Waals surface area contributed by atoms with Crippen LogP contribution in [0.5, 0.6) is 0 Å². The molecule has 2 aromatic rings. The maximum Gasteiger partial charge on any atom is 0.285 e. The number of amides is 1. The fourth-order valence-corrected chi connectivity index (χ4v) is 5.68. The van der Waals surface area contributed by atoms with E-state index in [0.717, 1.165) is 25.9 Å². The molecule has 3 fully saturated rings. The average molecular weight is 564 g/mol.